The molecule has 2 N–H and O–H groups in total. The number of carbonyl (C=O) groups excluding carboxylic acids is 2. The number of Topliss-reactive ketones (excluding diaryl/α,β-unsaturated/α-hetero) is 1. The lowest BCUT2D eigenvalue weighted by Crippen LogP contribution is -2.37. The van der Waals surface area contributed by atoms with Gasteiger partial charge in [0, 0.05) is 30.1 Å². The van der Waals surface area contributed by atoms with E-state index in [1.807, 2.05) is 18.2 Å². The van der Waals surface area contributed by atoms with E-state index in [-0.39, 0.29) is 18.3 Å². The van der Waals surface area contributed by atoms with Gasteiger partial charge in [-0.05, 0) is 72.6 Å². The number of rotatable bonds is 8. The van der Waals surface area contributed by atoms with Gasteiger partial charge in [-0.1, -0.05) is 30.9 Å². The molecule has 1 aromatic carbocycles. The van der Waals surface area contributed by atoms with Gasteiger partial charge in [-0.25, -0.2) is 9.97 Å². The number of amides is 1. The maximum Gasteiger partial charge on any atom is 0.268 e. The van der Waals surface area contributed by atoms with Crippen LogP contribution < -0.4 is 10.2 Å². The van der Waals surface area contributed by atoms with Gasteiger partial charge in [-0.15, -0.1) is 11.3 Å². The Morgan fingerprint density at radius 1 is 1.21 bits per heavy atom. The minimum absolute atomic E-state index is 0.00264. The first-order valence-electron chi connectivity index (χ1n) is 12.8. The fraction of sp³-hybridized carbons (Fsp3) is 0.267. The van der Waals surface area contributed by atoms with Crippen LogP contribution in [-0.2, 0) is 30.7 Å². The minimum Gasteiger partial charge on any atom is -0.392 e. The number of allylic oxidation sites excluding steroid dienone is 5. The number of nitrogens with one attached hydrogen (secondary N) is 1. The molecule has 0 saturated heterocycles. The first kappa shape index (κ1) is 25.8. The van der Waals surface area contributed by atoms with Gasteiger partial charge in [0.25, 0.3) is 5.91 Å². The number of hydrogen-bond acceptors (Lipinski definition) is 7. The van der Waals surface area contributed by atoms with Crippen LogP contribution in [0.5, 0.6) is 0 Å². The summed E-state index contributed by atoms with van der Waals surface area (Å²) in [7, 11) is 0. The molecule has 2 aromatic heterocycles. The lowest BCUT2D eigenvalue weighted by Gasteiger charge is -2.30. The summed E-state index contributed by atoms with van der Waals surface area (Å²) in [5.41, 5.74) is 5.66. The van der Waals surface area contributed by atoms with Crippen molar-refractivity contribution in [1.29, 1.82) is 0 Å². The zero-order chi connectivity index (χ0) is 26.6. The second-order valence-corrected chi connectivity index (χ2v) is 10.5. The molecule has 0 atom stereocenters. The van der Waals surface area contributed by atoms with E-state index in [4.69, 9.17) is 0 Å². The van der Waals surface area contributed by atoms with Crippen molar-refractivity contribution in [1.82, 2.24) is 9.97 Å². The number of aryl methyl sites for hydroxylation is 1. The number of hydrogen-bond donors (Lipinski definition) is 2. The third-order valence-corrected chi connectivity index (χ3v) is 8.36. The van der Waals surface area contributed by atoms with E-state index in [1.165, 1.54) is 42.1 Å². The number of anilines is 2. The van der Waals surface area contributed by atoms with E-state index in [9.17, 15) is 14.7 Å². The largest absolute Gasteiger partial charge is 0.392 e. The quantitative estimate of drug-likeness (QED) is 0.307. The molecule has 0 bridgehead atoms. The third kappa shape index (κ3) is 4.97. The van der Waals surface area contributed by atoms with Crippen molar-refractivity contribution < 1.29 is 14.7 Å². The minimum atomic E-state index is -0.264. The SMILES string of the molecule is C=C/C=C(\C=C(\Nc1ccncn1)C(C)=O)c1cccc(N2CCc3c(sc4c3CCCC4)C2=O)c1CO. The lowest BCUT2D eigenvalue weighted by molar-refractivity contribution is -0.113. The van der Waals surface area contributed by atoms with Gasteiger partial charge >= 0.3 is 0 Å². The molecule has 1 amide bonds. The zero-order valence-corrected chi connectivity index (χ0v) is 22.2. The van der Waals surface area contributed by atoms with Crippen LogP contribution in [-0.4, -0.2) is 33.3 Å². The first-order chi connectivity index (χ1) is 18.5. The maximum atomic E-state index is 13.7. The highest BCUT2D eigenvalue weighted by Crippen LogP contribution is 2.40. The average Bonchev–Trinajstić information content (AvgIpc) is 3.32. The van der Waals surface area contributed by atoms with Crippen molar-refractivity contribution in [2.45, 2.75) is 45.6 Å². The number of ketones is 1. The van der Waals surface area contributed by atoms with E-state index in [0.29, 0.717) is 34.9 Å². The number of aliphatic hydroxyl groups excluding tert-OH is 1. The number of nitrogens with zero attached hydrogens (tertiary/aromatic N) is 3. The molecule has 0 unspecified atom stereocenters. The van der Waals surface area contributed by atoms with E-state index in [1.54, 1.807) is 46.7 Å². The van der Waals surface area contributed by atoms with E-state index in [2.05, 4.69) is 21.9 Å². The predicted molar refractivity (Wildman–Crippen MR) is 151 cm³/mol. The Hall–Kier alpha value is -3.88. The molecule has 194 valence electrons. The Bertz CT molecular complexity index is 1460. The van der Waals surface area contributed by atoms with Gasteiger partial charge in [0.05, 0.1) is 22.9 Å². The van der Waals surface area contributed by atoms with Crippen molar-refractivity contribution in [3.63, 3.8) is 0 Å². The second kappa shape index (κ2) is 11.2. The molecule has 1 aliphatic heterocycles. The van der Waals surface area contributed by atoms with Gasteiger partial charge in [-0.2, -0.15) is 0 Å². The summed E-state index contributed by atoms with van der Waals surface area (Å²) in [6.07, 6.45) is 13.4. The Labute approximate surface area is 226 Å². The Morgan fingerprint density at radius 3 is 2.79 bits per heavy atom. The molecule has 7 nitrogen and oxygen atoms in total. The summed E-state index contributed by atoms with van der Waals surface area (Å²) in [6, 6.07) is 7.31. The summed E-state index contributed by atoms with van der Waals surface area (Å²) < 4.78 is 0. The van der Waals surface area contributed by atoms with Gasteiger partial charge in [-0.3, -0.25) is 9.59 Å². The second-order valence-electron chi connectivity index (χ2n) is 9.38. The molecule has 8 heteroatoms. The maximum absolute atomic E-state index is 13.7. The van der Waals surface area contributed by atoms with E-state index >= 15 is 0 Å². The Kier molecular flexibility index (Phi) is 7.62. The molecular weight excluding hydrogens is 496 g/mol. The fourth-order valence-electron chi connectivity index (χ4n) is 5.24. The van der Waals surface area contributed by atoms with E-state index in [0.717, 1.165) is 29.7 Å². The highest BCUT2D eigenvalue weighted by molar-refractivity contribution is 7.14. The Balaban J connectivity index is 1.53. The zero-order valence-electron chi connectivity index (χ0n) is 21.4. The van der Waals surface area contributed by atoms with Gasteiger partial charge in [0.2, 0.25) is 0 Å². The van der Waals surface area contributed by atoms with Crippen molar-refractivity contribution in [2.24, 2.45) is 0 Å². The molecule has 3 aromatic rings. The first-order valence-corrected chi connectivity index (χ1v) is 13.6. The van der Waals surface area contributed by atoms with Crippen LogP contribution in [0.4, 0.5) is 11.5 Å². The topological polar surface area (TPSA) is 95.4 Å². The molecule has 5 rings (SSSR count). The molecule has 0 fully saturated rings. The Morgan fingerprint density at radius 2 is 2.05 bits per heavy atom. The number of fused-ring (bicyclic) bond motifs is 3. The van der Waals surface area contributed by atoms with Crippen molar-refractivity contribution >= 4 is 40.1 Å². The van der Waals surface area contributed by atoms with Crippen LogP contribution in [0.15, 0.2) is 67.3 Å². The normalized spacial score (nSPS) is 15.6. The summed E-state index contributed by atoms with van der Waals surface area (Å²) in [4.78, 5) is 38.3. The molecule has 2 aliphatic rings. The summed E-state index contributed by atoms with van der Waals surface area (Å²) >= 11 is 1.64. The average molecular weight is 527 g/mol. The molecule has 38 heavy (non-hydrogen) atoms. The van der Waals surface area contributed by atoms with Gasteiger partial charge < -0.3 is 15.3 Å². The molecular formula is C30H30N4O3S. The number of thiophene rings is 1. The third-order valence-electron chi connectivity index (χ3n) is 7.04. The van der Waals surface area contributed by atoms with Crippen LogP contribution in [0.3, 0.4) is 0 Å². The lowest BCUT2D eigenvalue weighted by atomic mass is 9.91. The molecule has 0 spiro atoms. The predicted octanol–water partition coefficient (Wildman–Crippen LogP) is 5.27. The number of aliphatic hydroxyl groups is 1. The van der Waals surface area contributed by atoms with Crippen LogP contribution >= 0.6 is 11.3 Å². The number of aromatic nitrogens is 2. The molecule has 1 aliphatic carbocycles. The summed E-state index contributed by atoms with van der Waals surface area (Å²) in [5, 5.41) is 13.6. The van der Waals surface area contributed by atoms with Crippen LogP contribution in [0.25, 0.3) is 5.57 Å². The molecule has 0 saturated carbocycles. The van der Waals surface area contributed by atoms with Crippen molar-refractivity contribution in [3.8, 4) is 0 Å². The van der Waals surface area contributed by atoms with E-state index < -0.39 is 0 Å². The van der Waals surface area contributed by atoms with Crippen molar-refractivity contribution in [3.05, 3.63) is 99.3 Å². The molecule has 3 heterocycles. The highest BCUT2D eigenvalue weighted by Gasteiger charge is 2.33. The fourth-order valence-corrected chi connectivity index (χ4v) is 6.62. The highest BCUT2D eigenvalue weighted by atomic mass is 32.1. The number of benzene rings is 1. The van der Waals surface area contributed by atoms with Crippen LogP contribution in [0.2, 0.25) is 0 Å². The molecule has 0 radical (unpaired) electrons. The van der Waals surface area contributed by atoms with Gasteiger partial charge in [0.1, 0.15) is 12.1 Å². The van der Waals surface area contributed by atoms with Gasteiger partial charge in [0.15, 0.2) is 5.78 Å². The number of carbonyl (C=O) groups is 2. The monoisotopic (exact) mass is 526 g/mol. The smallest absolute Gasteiger partial charge is 0.268 e. The van der Waals surface area contributed by atoms with Crippen LogP contribution in [0.1, 0.15) is 56.6 Å². The summed E-state index contributed by atoms with van der Waals surface area (Å²) in [6.45, 7) is 5.61. The standard InChI is InChI=1S/C30H30N4O3S/c1-3-7-20(16-25(19(2)36)33-28-12-14-31-18-32-28)21-9-6-10-26(24(21)17-35)34-15-13-23-22-8-4-5-11-27(22)38-29(23)30(34)37/h3,6-7,9-10,12,14,16,18,35H,1,4-5,8,11,13,15,17H2,2H3,(H,31,32,33)/b20-7+,25-16+. The van der Waals surface area contributed by atoms with Crippen LogP contribution in [0, 0.1) is 0 Å². The van der Waals surface area contributed by atoms with Crippen molar-refractivity contribution in [2.75, 3.05) is 16.8 Å². The summed E-state index contributed by atoms with van der Waals surface area (Å²) in [5.74, 6) is 0.307.